The Balaban J connectivity index is 4.89. The third-order valence-corrected chi connectivity index (χ3v) is 12.5. The Morgan fingerprint density at radius 1 is 1.06 bits per heavy atom. The van der Waals surface area contributed by atoms with Gasteiger partial charge in [0.15, 0.2) is 0 Å². The fourth-order valence-electron chi connectivity index (χ4n) is 2.14. The van der Waals surface area contributed by atoms with Gasteiger partial charge in [0.05, 0.1) is 33.5 Å². The Bertz CT molecular complexity index is 338. The predicted octanol–water partition coefficient (Wildman–Crippen LogP) is 4.03. The Kier molecular flexibility index (Phi) is 5.52. The van der Waals surface area contributed by atoms with Crippen LogP contribution in [-0.4, -0.2) is 35.2 Å². The van der Waals surface area contributed by atoms with Gasteiger partial charge in [-0.05, 0) is 48.0 Å². The summed E-state index contributed by atoms with van der Waals surface area (Å²) < 4.78 is 30.2. The lowest BCUT2D eigenvalue weighted by Gasteiger charge is -2.41. The van der Waals surface area contributed by atoms with Crippen LogP contribution in [0.4, 0.5) is 0 Å². The Hall–Kier alpha value is 0.630. The van der Waals surface area contributed by atoms with Gasteiger partial charge in [0.1, 0.15) is 6.62 Å². The van der Waals surface area contributed by atoms with Crippen LogP contribution in [0.5, 0.6) is 0 Å². The lowest BCUT2D eigenvalue weighted by Crippen LogP contribution is -2.32. The highest BCUT2D eigenvalue weighted by Gasteiger charge is 2.57. The Morgan fingerprint density at radius 3 is 1.65 bits per heavy atom. The smallest absolute Gasteiger partial charge is 0.264 e. The molecule has 0 bridgehead atoms. The van der Waals surface area contributed by atoms with E-state index in [0.717, 1.165) is 0 Å². The van der Waals surface area contributed by atoms with Crippen molar-refractivity contribution in [3.8, 4) is 0 Å². The van der Waals surface area contributed by atoms with Gasteiger partial charge >= 0.3 is 0 Å². The molecule has 0 rings (SSSR count). The van der Waals surface area contributed by atoms with Crippen LogP contribution in [0.1, 0.15) is 48.0 Å². The van der Waals surface area contributed by atoms with Crippen molar-refractivity contribution in [1.82, 2.24) is 0 Å². The first-order chi connectivity index (χ1) is 7.21. The van der Waals surface area contributed by atoms with Crippen molar-refractivity contribution in [2.45, 2.75) is 58.3 Å². The molecular formula is C11H25ClO3PS+. The van der Waals surface area contributed by atoms with Gasteiger partial charge in [-0.25, -0.2) is 0 Å². The maximum absolute atomic E-state index is 10.7. The highest BCUT2D eigenvalue weighted by molar-refractivity contribution is 8.01. The second kappa shape index (κ2) is 5.32. The molecule has 0 aliphatic rings. The zero-order valence-corrected chi connectivity index (χ0v) is 14.1. The van der Waals surface area contributed by atoms with E-state index in [-0.39, 0.29) is 16.1 Å². The highest BCUT2D eigenvalue weighted by Crippen LogP contribution is 2.80. The maximum Gasteiger partial charge on any atom is 0.264 e. The molecule has 0 fully saturated rings. The Labute approximate surface area is 111 Å². The molecule has 0 aromatic carbocycles. The molecule has 17 heavy (non-hydrogen) atoms. The first kappa shape index (κ1) is 17.6. The molecule has 0 unspecified atom stereocenters. The summed E-state index contributed by atoms with van der Waals surface area (Å²) in [5.41, 5.74) is 0. The van der Waals surface area contributed by atoms with Crippen LogP contribution in [-0.2, 0) is 10.1 Å². The highest BCUT2D eigenvalue weighted by atomic mass is 35.7. The van der Waals surface area contributed by atoms with Crippen molar-refractivity contribution >= 4 is 28.0 Å². The summed E-state index contributed by atoms with van der Waals surface area (Å²) in [6.45, 7) is 10.8. The van der Waals surface area contributed by atoms with Gasteiger partial charge < -0.3 is 0 Å². The molecule has 0 radical (unpaired) electrons. The van der Waals surface area contributed by atoms with Crippen LogP contribution in [0, 0.1) is 0 Å². The van der Waals surface area contributed by atoms with Crippen LogP contribution < -0.4 is 0 Å². The van der Waals surface area contributed by atoms with E-state index in [1.807, 2.05) is 0 Å². The first-order valence-corrected chi connectivity index (χ1v) is 10.2. The fourth-order valence-corrected chi connectivity index (χ4v) is 7.17. The first-order valence-electron chi connectivity index (χ1n) is 5.74. The number of hydrogen-bond donors (Lipinski definition) is 1. The molecule has 0 aromatic rings. The summed E-state index contributed by atoms with van der Waals surface area (Å²) in [7, 11) is -3.88. The molecule has 0 atom stereocenters. The van der Waals surface area contributed by atoms with E-state index in [1.54, 1.807) is 0 Å². The summed E-state index contributed by atoms with van der Waals surface area (Å²) in [5, 5.41) is -0.0714. The van der Waals surface area contributed by atoms with Crippen LogP contribution in [0.15, 0.2) is 0 Å². The van der Waals surface area contributed by atoms with Crippen LogP contribution in [0.3, 0.4) is 0 Å². The minimum Gasteiger partial charge on any atom is -0.286 e. The maximum atomic E-state index is 10.7. The molecular weight excluding hydrogens is 279 g/mol. The molecule has 1 N–H and O–H groups in total. The molecule has 0 aliphatic carbocycles. The van der Waals surface area contributed by atoms with Gasteiger partial charge in [0, 0.05) is 0 Å². The molecule has 6 heteroatoms. The summed E-state index contributed by atoms with van der Waals surface area (Å²) in [5.74, 6) is -0.201. The van der Waals surface area contributed by atoms with E-state index in [9.17, 15) is 8.42 Å². The number of hydrogen-bond acceptors (Lipinski definition) is 2. The van der Waals surface area contributed by atoms with E-state index >= 15 is 0 Å². The second-order valence-corrected chi connectivity index (χ2v) is 14.3. The van der Waals surface area contributed by atoms with Crippen molar-refractivity contribution in [2.75, 3.05) is 11.9 Å². The normalized spacial score (nSPS) is 15.1. The van der Waals surface area contributed by atoms with Crippen molar-refractivity contribution in [3.05, 3.63) is 0 Å². The van der Waals surface area contributed by atoms with Crippen molar-refractivity contribution in [2.24, 2.45) is 0 Å². The summed E-state index contributed by atoms with van der Waals surface area (Å²) in [6, 6.07) is 0. The monoisotopic (exact) mass is 303 g/mol. The molecule has 0 aromatic heterocycles. The van der Waals surface area contributed by atoms with Crippen LogP contribution >= 0.6 is 17.9 Å². The molecule has 0 amide bonds. The van der Waals surface area contributed by atoms with Gasteiger partial charge in [0.25, 0.3) is 10.1 Å². The van der Waals surface area contributed by atoms with E-state index in [0.29, 0.717) is 12.6 Å². The number of rotatable bonds is 4. The van der Waals surface area contributed by atoms with E-state index in [1.165, 1.54) is 0 Å². The molecule has 0 heterocycles. The van der Waals surface area contributed by atoms with Crippen molar-refractivity contribution in [1.29, 1.82) is 0 Å². The standard InChI is InChI=1S/C11H24ClO3PS/c1-10(2,3)16(12,11(4,5)6)8-7-9-17(13,14)15/h7-9H2,1-6H3/p+1. The third kappa shape index (κ3) is 5.02. The summed E-state index contributed by atoms with van der Waals surface area (Å²) >= 11 is 6.86. The molecule has 3 nitrogen and oxygen atoms in total. The summed E-state index contributed by atoms with van der Waals surface area (Å²) in [4.78, 5) is 0. The van der Waals surface area contributed by atoms with Gasteiger partial charge in [0.2, 0.25) is 0 Å². The average molecular weight is 304 g/mol. The molecule has 104 valence electrons. The Morgan fingerprint density at radius 2 is 1.41 bits per heavy atom. The average Bonchev–Trinajstić information content (AvgIpc) is 1.96. The molecule has 0 spiro atoms. The third-order valence-electron chi connectivity index (χ3n) is 3.00. The minimum atomic E-state index is -3.88. The fraction of sp³-hybridized carbons (Fsp3) is 1.00. The van der Waals surface area contributed by atoms with E-state index in [4.69, 9.17) is 15.8 Å². The predicted molar refractivity (Wildman–Crippen MR) is 78.2 cm³/mol. The molecule has 0 saturated heterocycles. The van der Waals surface area contributed by atoms with Gasteiger partial charge in [-0.15, -0.1) is 0 Å². The largest absolute Gasteiger partial charge is 0.286 e. The number of halogens is 1. The zero-order valence-electron chi connectivity index (χ0n) is 11.6. The van der Waals surface area contributed by atoms with Crippen LogP contribution in [0.25, 0.3) is 0 Å². The van der Waals surface area contributed by atoms with Gasteiger partial charge in [-0.3, -0.25) is 4.55 Å². The van der Waals surface area contributed by atoms with Gasteiger partial charge in [-0.1, -0.05) is 0 Å². The quantitative estimate of drug-likeness (QED) is 0.630. The lowest BCUT2D eigenvalue weighted by molar-refractivity contribution is 0.482. The lowest BCUT2D eigenvalue weighted by atomic mass is 10.2. The summed E-state index contributed by atoms with van der Waals surface area (Å²) in [6.07, 6.45) is 1.09. The SMILES string of the molecule is CC(C)(C)[P+](Cl)(CCCS(=O)(=O)O)C(C)(C)C. The van der Waals surface area contributed by atoms with E-state index in [2.05, 4.69) is 41.5 Å². The van der Waals surface area contributed by atoms with Crippen molar-refractivity contribution in [3.63, 3.8) is 0 Å². The van der Waals surface area contributed by atoms with E-state index < -0.39 is 16.7 Å². The zero-order chi connectivity index (χ0) is 14.1. The van der Waals surface area contributed by atoms with Gasteiger partial charge in [-0.2, -0.15) is 8.42 Å². The van der Waals surface area contributed by atoms with Crippen molar-refractivity contribution < 1.29 is 13.0 Å². The molecule has 0 saturated carbocycles. The second-order valence-electron chi connectivity index (χ2n) is 6.42. The van der Waals surface area contributed by atoms with Crippen LogP contribution in [0.2, 0.25) is 0 Å². The minimum absolute atomic E-state index is 0.0357. The molecule has 0 aliphatic heterocycles. The topological polar surface area (TPSA) is 54.4 Å².